The van der Waals surface area contributed by atoms with Crippen molar-refractivity contribution < 1.29 is 9.47 Å². The highest BCUT2D eigenvalue weighted by Gasteiger charge is 2.24. The third-order valence-corrected chi connectivity index (χ3v) is 4.25. The van der Waals surface area contributed by atoms with E-state index in [1.807, 2.05) is 12.1 Å². The van der Waals surface area contributed by atoms with Crippen molar-refractivity contribution in [3.63, 3.8) is 0 Å². The summed E-state index contributed by atoms with van der Waals surface area (Å²) < 4.78 is 10.8. The van der Waals surface area contributed by atoms with Crippen LogP contribution in [0.1, 0.15) is 50.6 Å². The second-order valence-electron chi connectivity index (χ2n) is 5.65. The van der Waals surface area contributed by atoms with Gasteiger partial charge in [0.25, 0.3) is 0 Å². The van der Waals surface area contributed by atoms with Crippen LogP contribution in [0.2, 0.25) is 0 Å². The number of ether oxygens (including phenoxy) is 2. The van der Waals surface area contributed by atoms with Gasteiger partial charge in [-0.15, -0.1) is 0 Å². The Bertz CT molecular complexity index is 415. The molecule has 2 rings (SSSR count). The molecular formula is C17H27NO2. The van der Waals surface area contributed by atoms with Crippen LogP contribution in [0.5, 0.6) is 11.5 Å². The van der Waals surface area contributed by atoms with Crippen molar-refractivity contribution in [3.8, 4) is 11.5 Å². The standard InChI is InChI=1S/C17H27NO2/c1-4-10-18-16(11-13-6-5-7-13)15-9-8-14(19-2)12-17(15)20-3/h8-9,12-13,16,18H,4-7,10-11H2,1-3H3. The van der Waals surface area contributed by atoms with Gasteiger partial charge < -0.3 is 14.8 Å². The minimum absolute atomic E-state index is 0.390. The van der Waals surface area contributed by atoms with E-state index in [0.29, 0.717) is 6.04 Å². The first-order valence-corrected chi connectivity index (χ1v) is 7.73. The fourth-order valence-electron chi connectivity index (χ4n) is 2.81. The number of nitrogens with one attached hydrogen (secondary N) is 1. The predicted octanol–water partition coefficient (Wildman–Crippen LogP) is 3.93. The molecule has 1 aliphatic carbocycles. The Morgan fingerprint density at radius 2 is 2.05 bits per heavy atom. The summed E-state index contributed by atoms with van der Waals surface area (Å²) in [5, 5.41) is 3.68. The fraction of sp³-hybridized carbons (Fsp3) is 0.647. The first kappa shape index (κ1) is 15.2. The Morgan fingerprint density at radius 3 is 2.60 bits per heavy atom. The Balaban J connectivity index is 2.16. The zero-order valence-corrected chi connectivity index (χ0v) is 12.9. The maximum atomic E-state index is 5.56. The minimum Gasteiger partial charge on any atom is -0.497 e. The molecule has 1 N–H and O–H groups in total. The van der Waals surface area contributed by atoms with E-state index in [1.54, 1.807) is 14.2 Å². The Kier molecular flexibility index (Phi) is 5.72. The minimum atomic E-state index is 0.390. The van der Waals surface area contributed by atoms with Crippen molar-refractivity contribution in [2.45, 2.75) is 45.1 Å². The molecule has 0 aliphatic heterocycles. The van der Waals surface area contributed by atoms with Gasteiger partial charge in [0.1, 0.15) is 11.5 Å². The quantitative estimate of drug-likeness (QED) is 0.781. The number of methoxy groups -OCH3 is 2. The maximum absolute atomic E-state index is 5.56. The van der Waals surface area contributed by atoms with Crippen LogP contribution in [0.25, 0.3) is 0 Å². The van der Waals surface area contributed by atoms with Crippen LogP contribution >= 0.6 is 0 Å². The molecule has 20 heavy (non-hydrogen) atoms. The maximum Gasteiger partial charge on any atom is 0.127 e. The van der Waals surface area contributed by atoms with Gasteiger partial charge >= 0.3 is 0 Å². The van der Waals surface area contributed by atoms with Crippen LogP contribution in [0.4, 0.5) is 0 Å². The number of hydrogen-bond acceptors (Lipinski definition) is 3. The first-order chi connectivity index (χ1) is 9.78. The van der Waals surface area contributed by atoms with E-state index in [0.717, 1.165) is 30.4 Å². The molecule has 0 spiro atoms. The molecule has 1 aliphatic rings. The molecule has 1 aromatic rings. The van der Waals surface area contributed by atoms with Crippen molar-refractivity contribution in [2.24, 2.45) is 5.92 Å². The molecule has 3 nitrogen and oxygen atoms in total. The second kappa shape index (κ2) is 7.53. The van der Waals surface area contributed by atoms with E-state index in [2.05, 4.69) is 18.3 Å². The summed E-state index contributed by atoms with van der Waals surface area (Å²) in [6.45, 7) is 3.26. The van der Waals surface area contributed by atoms with E-state index in [-0.39, 0.29) is 0 Å². The topological polar surface area (TPSA) is 30.5 Å². The number of hydrogen-bond donors (Lipinski definition) is 1. The molecule has 0 bridgehead atoms. The van der Waals surface area contributed by atoms with Gasteiger partial charge in [0, 0.05) is 17.7 Å². The Labute approximate surface area is 122 Å². The van der Waals surface area contributed by atoms with Gasteiger partial charge in [-0.05, 0) is 31.4 Å². The summed E-state index contributed by atoms with van der Waals surface area (Å²) in [6.07, 6.45) is 6.51. The Morgan fingerprint density at radius 1 is 1.25 bits per heavy atom. The molecular weight excluding hydrogens is 250 g/mol. The van der Waals surface area contributed by atoms with Crippen molar-refractivity contribution >= 4 is 0 Å². The van der Waals surface area contributed by atoms with Crippen molar-refractivity contribution in [1.82, 2.24) is 5.32 Å². The molecule has 0 aromatic heterocycles. The summed E-state index contributed by atoms with van der Waals surface area (Å²) in [7, 11) is 3.42. The molecule has 0 radical (unpaired) electrons. The summed E-state index contributed by atoms with van der Waals surface area (Å²) in [5.74, 6) is 2.65. The molecule has 112 valence electrons. The highest BCUT2D eigenvalue weighted by molar-refractivity contribution is 5.42. The van der Waals surface area contributed by atoms with E-state index < -0.39 is 0 Å². The fourth-order valence-corrected chi connectivity index (χ4v) is 2.81. The Hall–Kier alpha value is -1.22. The third kappa shape index (κ3) is 3.66. The van der Waals surface area contributed by atoms with Crippen LogP contribution in [-0.2, 0) is 0 Å². The van der Waals surface area contributed by atoms with Crippen molar-refractivity contribution in [3.05, 3.63) is 23.8 Å². The van der Waals surface area contributed by atoms with Crippen LogP contribution in [0.3, 0.4) is 0 Å². The monoisotopic (exact) mass is 277 g/mol. The molecule has 1 aromatic carbocycles. The lowest BCUT2D eigenvalue weighted by Crippen LogP contribution is -2.27. The summed E-state index contributed by atoms with van der Waals surface area (Å²) in [6, 6.07) is 6.54. The highest BCUT2D eigenvalue weighted by Crippen LogP contribution is 2.38. The van der Waals surface area contributed by atoms with E-state index >= 15 is 0 Å². The van der Waals surface area contributed by atoms with Crippen molar-refractivity contribution in [2.75, 3.05) is 20.8 Å². The normalized spacial score (nSPS) is 16.6. The van der Waals surface area contributed by atoms with Gasteiger partial charge in [0.2, 0.25) is 0 Å². The largest absolute Gasteiger partial charge is 0.497 e. The van der Waals surface area contributed by atoms with Gasteiger partial charge in [-0.25, -0.2) is 0 Å². The molecule has 1 saturated carbocycles. The molecule has 1 fully saturated rings. The average molecular weight is 277 g/mol. The number of rotatable bonds is 8. The smallest absolute Gasteiger partial charge is 0.127 e. The van der Waals surface area contributed by atoms with Gasteiger partial charge in [-0.3, -0.25) is 0 Å². The van der Waals surface area contributed by atoms with Gasteiger partial charge in [0.15, 0.2) is 0 Å². The van der Waals surface area contributed by atoms with Crippen LogP contribution in [0.15, 0.2) is 18.2 Å². The molecule has 0 amide bonds. The van der Waals surface area contributed by atoms with Gasteiger partial charge in [-0.2, -0.15) is 0 Å². The van der Waals surface area contributed by atoms with Gasteiger partial charge in [-0.1, -0.05) is 32.3 Å². The van der Waals surface area contributed by atoms with Crippen molar-refractivity contribution in [1.29, 1.82) is 0 Å². The first-order valence-electron chi connectivity index (χ1n) is 7.73. The van der Waals surface area contributed by atoms with E-state index in [1.165, 1.54) is 31.2 Å². The van der Waals surface area contributed by atoms with E-state index in [9.17, 15) is 0 Å². The zero-order valence-electron chi connectivity index (χ0n) is 12.9. The molecule has 0 saturated heterocycles. The summed E-state index contributed by atoms with van der Waals surface area (Å²) in [4.78, 5) is 0. The van der Waals surface area contributed by atoms with E-state index in [4.69, 9.17) is 9.47 Å². The summed E-state index contributed by atoms with van der Waals surface area (Å²) in [5.41, 5.74) is 1.26. The molecule has 3 heteroatoms. The molecule has 1 atom stereocenters. The predicted molar refractivity (Wildman–Crippen MR) is 82.5 cm³/mol. The van der Waals surface area contributed by atoms with Crippen LogP contribution < -0.4 is 14.8 Å². The average Bonchev–Trinajstić information content (AvgIpc) is 2.45. The third-order valence-electron chi connectivity index (χ3n) is 4.25. The summed E-state index contributed by atoms with van der Waals surface area (Å²) >= 11 is 0. The SMILES string of the molecule is CCCNC(CC1CCC1)c1ccc(OC)cc1OC. The zero-order chi connectivity index (χ0) is 14.4. The van der Waals surface area contributed by atoms with Crippen LogP contribution in [0, 0.1) is 5.92 Å². The lowest BCUT2D eigenvalue weighted by molar-refractivity contribution is 0.258. The lowest BCUT2D eigenvalue weighted by Gasteiger charge is -2.31. The molecule has 0 heterocycles. The van der Waals surface area contributed by atoms with Gasteiger partial charge in [0.05, 0.1) is 14.2 Å². The molecule has 1 unspecified atom stereocenters. The lowest BCUT2D eigenvalue weighted by atomic mass is 9.79. The highest BCUT2D eigenvalue weighted by atomic mass is 16.5. The van der Waals surface area contributed by atoms with Crippen LogP contribution in [-0.4, -0.2) is 20.8 Å². The number of benzene rings is 1. The second-order valence-corrected chi connectivity index (χ2v) is 5.65.